The number of anilines is 1. The highest BCUT2D eigenvalue weighted by Crippen LogP contribution is 2.23. The zero-order valence-corrected chi connectivity index (χ0v) is 13.0. The Morgan fingerprint density at radius 2 is 1.79 bits per heavy atom. The summed E-state index contributed by atoms with van der Waals surface area (Å²) < 4.78 is 0. The summed E-state index contributed by atoms with van der Waals surface area (Å²) in [6.07, 6.45) is -0.812. The minimum Gasteiger partial charge on any atom is -0.387 e. The van der Waals surface area contributed by atoms with E-state index in [4.69, 9.17) is 0 Å². The van der Waals surface area contributed by atoms with Gasteiger partial charge >= 0.3 is 0 Å². The number of fused-ring (bicyclic) bond motifs is 1. The largest absolute Gasteiger partial charge is 0.387 e. The van der Waals surface area contributed by atoms with Crippen molar-refractivity contribution < 1.29 is 10.0 Å². The molecule has 0 fully saturated rings. The van der Waals surface area contributed by atoms with Crippen LogP contribution in [0.3, 0.4) is 0 Å². The van der Waals surface area contributed by atoms with Gasteiger partial charge in [-0.05, 0) is 24.6 Å². The lowest BCUT2D eigenvalue weighted by Gasteiger charge is -2.14. The second-order valence-corrected chi connectivity index (χ2v) is 5.42. The topological polar surface area (TPSA) is 101 Å². The van der Waals surface area contributed by atoms with Crippen molar-refractivity contribution in [2.24, 2.45) is 0 Å². The molecule has 7 nitrogen and oxygen atoms in total. The molecular formula is C17H16N4O3. The number of rotatable bonds is 5. The highest BCUT2D eigenvalue weighted by atomic mass is 16.6. The van der Waals surface area contributed by atoms with E-state index in [1.54, 1.807) is 12.1 Å². The Kier molecular flexibility index (Phi) is 4.35. The monoisotopic (exact) mass is 324 g/mol. The van der Waals surface area contributed by atoms with Crippen molar-refractivity contribution in [3.05, 3.63) is 69.9 Å². The van der Waals surface area contributed by atoms with E-state index in [9.17, 15) is 15.2 Å². The third-order valence-corrected chi connectivity index (χ3v) is 3.82. The Labute approximate surface area is 138 Å². The number of non-ortho nitro benzene ring substituents is 1. The summed E-state index contributed by atoms with van der Waals surface area (Å²) in [5, 5.41) is 34.2. The Bertz CT molecular complexity index is 881. The van der Waals surface area contributed by atoms with Gasteiger partial charge in [-0.25, -0.2) is 0 Å². The smallest absolute Gasteiger partial charge is 0.269 e. The second-order valence-electron chi connectivity index (χ2n) is 5.42. The van der Waals surface area contributed by atoms with E-state index in [0.29, 0.717) is 11.4 Å². The number of hydrogen-bond acceptors (Lipinski definition) is 6. The number of nitrogens with one attached hydrogen (secondary N) is 1. The number of nitrogens with zero attached hydrogens (tertiary/aromatic N) is 3. The predicted octanol–water partition coefficient (Wildman–Crippen LogP) is 2.99. The molecule has 0 radical (unpaired) electrons. The zero-order valence-electron chi connectivity index (χ0n) is 13.0. The van der Waals surface area contributed by atoms with Gasteiger partial charge in [-0.15, -0.1) is 5.10 Å². The van der Waals surface area contributed by atoms with Crippen molar-refractivity contribution in [1.29, 1.82) is 0 Å². The standard InChI is InChI=1S/C17H16N4O3/c1-11-14-4-2-3-5-15(14)17(20-19-11)18-10-16(22)12-6-8-13(9-7-12)21(23)24/h2-9,16,22H,10H2,1H3,(H,18,20). The number of nitro groups is 1. The van der Waals surface area contributed by atoms with E-state index in [1.165, 1.54) is 12.1 Å². The van der Waals surface area contributed by atoms with Crippen molar-refractivity contribution in [3.8, 4) is 0 Å². The molecule has 0 saturated carbocycles. The highest BCUT2D eigenvalue weighted by Gasteiger charge is 2.12. The van der Waals surface area contributed by atoms with Crippen LogP contribution in [0.4, 0.5) is 11.5 Å². The van der Waals surface area contributed by atoms with Crippen LogP contribution >= 0.6 is 0 Å². The van der Waals surface area contributed by atoms with Gasteiger partial charge in [-0.1, -0.05) is 24.3 Å². The molecule has 1 aromatic heterocycles. The van der Waals surface area contributed by atoms with Crippen molar-refractivity contribution in [3.63, 3.8) is 0 Å². The maximum absolute atomic E-state index is 10.7. The summed E-state index contributed by atoms with van der Waals surface area (Å²) in [4.78, 5) is 10.2. The van der Waals surface area contributed by atoms with E-state index in [0.717, 1.165) is 16.5 Å². The molecule has 3 rings (SSSR count). The minimum atomic E-state index is -0.812. The molecule has 0 spiro atoms. The lowest BCUT2D eigenvalue weighted by Crippen LogP contribution is -2.14. The van der Waals surface area contributed by atoms with Crippen molar-refractivity contribution in [1.82, 2.24) is 10.2 Å². The van der Waals surface area contributed by atoms with Crippen LogP contribution in [-0.4, -0.2) is 26.8 Å². The average molecular weight is 324 g/mol. The summed E-state index contributed by atoms with van der Waals surface area (Å²) in [6.45, 7) is 2.12. The Morgan fingerprint density at radius 1 is 1.12 bits per heavy atom. The summed E-state index contributed by atoms with van der Waals surface area (Å²) in [5.74, 6) is 0.595. The quantitative estimate of drug-likeness (QED) is 0.552. The van der Waals surface area contributed by atoms with Gasteiger partial charge in [0, 0.05) is 29.4 Å². The fourth-order valence-electron chi connectivity index (χ4n) is 2.50. The lowest BCUT2D eigenvalue weighted by molar-refractivity contribution is -0.384. The Morgan fingerprint density at radius 3 is 2.46 bits per heavy atom. The Balaban J connectivity index is 1.76. The molecule has 1 heterocycles. The number of aliphatic hydroxyl groups excluding tert-OH is 1. The van der Waals surface area contributed by atoms with Crippen LogP contribution in [0.25, 0.3) is 10.8 Å². The first kappa shape index (κ1) is 15.8. The van der Waals surface area contributed by atoms with Crippen LogP contribution < -0.4 is 5.32 Å². The molecule has 0 aliphatic rings. The van der Waals surface area contributed by atoms with Gasteiger partial charge in [0.05, 0.1) is 16.7 Å². The van der Waals surface area contributed by atoms with Crippen molar-refractivity contribution in [2.75, 3.05) is 11.9 Å². The third kappa shape index (κ3) is 3.16. The molecular weight excluding hydrogens is 308 g/mol. The first-order valence-corrected chi connectivity index (χ1v) is 7.44. The maximum atomic E-state index is 10.7. The summed E-state index contributed by atoms with van der Waals surface area (Å²) in [5.41, 5.74) is 1.43. The van der Waals surface area contributed by atoms with Gasteiger partial charge in [0.25, 0.3) is 5.69 Å². The average Bonchev–Trinajstić information content (AvgIpc) is 2.61. The third-order valence-electron chi connectivity index (χ3n) is 3.82. The van der Waals surface area contributed by atoms with Gasteiger partial charge < -0.3 is 10.4 Å². The van der Waals surface area contributed by atoms with Crippen LogP contribution in [0.5, 0.6) is 0 Å². The van der Waals surface area contributed by atoms with Crippen LogP contribution in [0.1, 0.15) is 17.4 Å². The molecule has 3 aromatic rings. The van der Waals surface area contributed by atoms with Gasteiger partial charge in [0.15, 0.2) is 5.82 Å². The number of nitro benzene ring substituents is 1. The van der Waals surface area contributed by atoms with Crippen molar-refractivity contribution in [2.45, 2.75) is 13.0 Å². The van der Waals surface area contributed by atoms with E-state index in [-0.39, 0.29) is 12.2 Å². The van der Waals surface area contributed by atoms with E-state index < -0.39 is 11.0 Å². The first-order valence-electron chi connectivity index (χ1n) is 7.44. The molecule has 0 bridgehead atoms. The molecule has 24 heavy (non-hydrogen) atoms. The number of aryl methyl sites for hydroxylation is 1. The fourth-order valence-corrected chi connectivity index (χ4v) is 2.50. The van der Waals surface area contributed by atoms with E-state index in [2.05, 4.69) is 15.5 Å². The fraction of sp³-hybridized carbons (Fsp3) is 0.176. The Hall–Kier alpha value is -3.06. The number of aromatic nitrogens is 2. The minimum absolute atomic E-state index is 0.00527. The molecule has 0 amide bonds. The number of hydrogen-bond donors (Lipinski definition) is 2. The first-order chi connectivity index (χ1) is 11.6. The predicted molar refractivity (Wildman–Crippen MR) is 90.8 cm³/mol. The normalized spacial score (nSPS) is 12.1. The number of benzene rings is 2. The van der Waals surface area contributed by atoms with Gasteiger partial charge in [0.1, 0.15) is 0 Å². The molecule has 7 heteroatoms. The van der Waals surface area contributed by atoms with E-state index >= 15 is 0 Å². The zero-order chi connectivity index (χ0) is 17.1. The lowest BCUT2D eigenvalue weighted by atomic mass is 10.1. The van der Waals surface area contributed by atoms with E-state index in [1.807, 2.05) is 31.2 Å². The SMILES string of the molecule is Cc1nnc(NCC(O)c2ccc([N+](=O)[O-])cc2)c2ccccc12. The van der Waals surface area contributed by atoms with Gasteiger partial charge in [0.2, 0.25) is 0 Å². The molecule has 2 N–H and O–H groups in total. The molecule has 122 valence electrons. The molecule has 0 saturated heterocycles. The number of aliphatic hydroxyl groups is 1. The van der Waals surface area contributed by atoms with Crippen LogP contribution in [0, 0.1) is 17.0 Å². The molecule has 2 aromatic carbocycles. The van der Waals surface area contributed by atoms with Crippen LogP contribution in [0.15, 0.2) is 48.5 Å². The van der Waals surface area contributed by atoms with Gasteiger partial charge in [-0.3, -0.25) is 10.1 Å². The maximum Gasteiger partial charge on any atom is 0.269 e. The van der Waals surface area contributed by atoms with Crippen LogP contribution in [0.2, 0.25) is 0 Å². The molecule has 0 aliphatic carbocycles. The molecule has 1 atom stereocenters. The second kappa shape index (κ2) is 6.59. The van der Waals surface area contributed by atoms with Crippen molar-refractivity contribution >= 4 is 22.3 Å². The summed E-state index contributed by atoms with van der Waals surface area (Å²) in [6, 6.07) is 13.6. The van der Waals surface area contributed by atoms with Gasteiger partial charge in [-0.2, -0.15) is 5.10 Å². The summed E-state index contributed by atoms with van der Waals surface area (Å²) >= 11 is 0. The highest BCUT2D eigenvalue weighted by molar-refractivity contribution is 5.92. The van der Waals surface area contributed by atoms with Crippen LogP contribution in [-0.2, 0) is 0 Å². The summed E-state index contributed by atoms with van der Waals surface area (Å²) in [7, 11) is 0. The molecule has 1 unspecified atom stereocenters. The molecule has 0 aliphatic heterocycles.